The molecule has 0 aliphatic carbocycles. The molecular weight excluding hydrogens is 254 g/mol. The Morgan fingerprint density at radius 2 is 2.30 bits per heavy atom. The lowest BCUT2D eigenvalue weighted by molar-refractivity contribution is 0.0779. The number of rotatable bonds is 6. The van der Waals surface area contributed by atoms with Crippen molar-refractivity contribution in [2.24, 2.45) is 0 Å². The van der Waals surface area contributed by atoms with Crippen molar-refractivity contribution in [1.29, 1.82) is 0 Å². The van der Waals surface area contributed by atoms with E-state index in [2.05, 4.69) is 27.4 Å². The highest BCUT2D eigenvalue weighted by Gasteiger charge is 2.14. The Labute approximate surface area is 118 Å². The van der Waals surface area contributed by atoms with Crippen LogP contribution >= 0.6 is 0 Å². The third-order valence-electron chi connectivity index (χ3n) is 2.85. The minimum atomic E-state index is -0.105. The van der Waals surface area contributed by atoms with E-state index >= 15 is 0 Å². The summed E-state index contributed by atoms with van der Waals surface area (Å²) in [5, 5.41) is 9.78. The number of anilines is 1. The fraction of sp³-hybridized carbons (Fsp3) is 0.357. The van der Waals surface area contributed by atoms with E-state index in [4.69, 9.17) is 0 Å². The predicted octanol–water partition coefficient (Wildman–Crippen LogP) is 1.90. The van der Waals surface area contributed by atoms with E-state index in [1.165, 1.54) is 0 Å². The third-order valence-corrected chi connectivity index (χ3v) is 2.85. The van der Waals surface area contributed by atoms with Crippen molar-refractivity contribution in [3.63, 3.8) is 0 Å². The summed E-state index contributed by atoms with van der Waals surface area (Å²) in [5.74, 6) is 0.626. The lowest BCUT2D eigenvalue weighted by Gasteiger charge is -2.16. The first kappa shape index (κ1) is 14.0. The van der Waals surface area contributed by atoms with Crippen LogP contribution in [0.1, 0.15) is 29.4 Å². The Hall–Kier alpha value is -2.37. The van der Waals surface area contributed by atoms with E-state index in [9.17, 15) is 4.79 Å². The van der Waals surface area contributed by atoms with Gasteiger partial charge in [0.2, 0.25) is 0 Å². The lowest BCUT2D eigenvalue weighted by Crippen LogP contribution is -2.27. The number of carbonyl (C=O) groups is 1. The van der Waals surface area contributed by atoms with Crippen molar-refractivity contribution in [2.75, 3.05) is 18.9 Å². The molecule has 0 spiro atoms. The Bertz CT molecular complexity index is 552. The van der Waals surface area contributed by atoms with Crippen molar-refractivity contribution in [2.45, 2.75) is 19.9 Å². The summed E-state index contributed by atoms with van der Waals surface area (Å²) in [4.78, 5) is 18.3. The highest BCUT2D eigenvalue weighted by Crippen LogP contribution is 2.09. The number of carbonyl (C=O) groups excluding carboxylic acids is 1. The largest absolute Gasteiger partial charge is 0.370 e. The van der Waals surface area contributed by atoms with Crippen LogP contribution in [0.25, 0.3) is 0 Å². The number of hydrogen-bond acceptors (Lipinski definition) is 4. The highest BCUT2D eigenvalue weighted by atomic mass is 16.2. The highest BCUT2D eigenvalue weighted by molar-refractivity contribution is 5.92. The molecule has 0 saturated heterocycles. The standard InChI is InChI=1S/C14H19N5O/c1-3-7-15-13-6-4-5-12(18-13)14(20)19(2)10-11-8-16-17-9-11/h4-6,8-9H,3,7,10H2,1-2H3,(H,15,18)(H,16,17). The second kappa shape index (κ2) is 6.70. The molecule has 2 rings (SSSR count). The maximum absolute atomic E-state index is 12.3. The first-order valence-corrected chi connectivity index (χ1v) is 6.64. The van der Waals surface area contributed by atoms with E-state index in [0.29, 0.717) is 12.2 Å². The summed E-state index contributed by atoms with van der Waals surface area (Å²) in [7, 11) is 1.75. The summed E-state index contributed by atoms with van der Waals surface area (Å²) in [6.07, 6.45) is 4.49. The van der Waals surface area contributed by atoms with Crippen molar-refractivity contribution in [1.82, 2.24) is 20.1 Å². The molecule has 0 atom stereocenters. The number of aromatic amines is 1. The van der Waals surface area contributed by atoms with Crippen LogP contribution in [0.15, 0.2) is 30.6 Å². The molecule has 20 heavy (non-hydrogen) atoms. The SMILES string of the molecule is CCCNc1cccc(C(=O)N(C)Cc2cn[nH]c2)n1. The number of nitrogens with zero attached hydrogens (tertiary/aromatic N) is 3. The van der Waals surface area contributed by atoms with E-state index in [1.807, 2.05) is 12.1 Å². The minimum Gasteiger partial charge on any atom is -0.370 e. The Kier molecular flexibility index (Phi) is 4.70. The lowest BCUT2D eigenvalue weighted by atomic mass is 10.3. The summed E-state index contributed by atoms with van der Waals surface area (Å²) in [6, 6.07) is 5.43. The van der Waals surface area contributed by atoms with Gasteiger partial charge in [-0.2, -0.15) is 5.10 Å². The van der Waals surface area contributed by atoms with Crippen LogP contribution in [-0.2, 0) is 6.54 Å². The molecule has 0 radical (unpaired) electrons. The fourth-order valence-electron chi connectivity index (χ4n) is 1.81. The number of aromatic nitrogens is 3. The van der Waals surface area contributed by atoms with Gasteiger partial charge in [-0.05, 0) is 18.6 Å². The van der Waals surface area contributed by atoms with Gasteiger partial charge in [0.05, 0.1) is 6.20 Å². The Balaban J connectivity index is 2.04. The maximum Gasteiger partial charge on any atom is 0.272 e. The van der Waals surface area contributed by atoms with Crippen molar-refractivity contribution in [3.8, 4) is 0 Å². The van der Waals surface area contributed by atoms with E-state index in [0.717, 1.165) is 24.3 Å². The molecule has 0 aromatic carbocycles. The predicted molar refractivity (Wildman–Crippen MR) is 77.4 cm³/mol. The maximum atomic E-state index is 12.3. The van der Waals surface area contributed by atoms with Crippen LogP contribution in [0, 0.1) is 0 Å². The van der Waals surface area contributed by atoms with Gasteiger partial charge in [0, 0.05) is 31.9 Å². The van der Waals surface area contributed by atoms with Crippen LogP contribution in [0.2, 0.25) is 0 Å². The fourth-order valence-corrected chi connectivity index (χ4v) is 1.81. The van der Waals surface area contributed by atoms with E-state index in [-0.39, 0.29) is 5.91 Å². The Morgan fingerprint density at radius 1 is 1.45 bits per heavy atom. The number of hydrogen-bond donors (Lipinski definition) is 2. The van der Waals surface area contributed by atoms with Gasteiger partial charge >= 0.3 is 0 Å². The van der Waals surface area contributed by atoms with Crippen LogP contribution < -0.4 is 5.32 Å². The molecule has 6 heteroatoms. The summed E-state index contributed by atoms with van der Waals surface area (Å²) in [6.45, 7) is 3.43. The first-order valence-electron chi connectivity index (χ1n) is 6.64. The van der Waals surface area contributed by atoms with Crippen LogP contribution in [0.3, 0.4) is 0 Å². The molecule has 0 saturated carbocycles. The molecule has 2 aromatic rings. The zero-order valence-electron chi connectivity index (χ0n) is 11.8. The molecular formula is C14H19N5O. The van der Waals surface area contributed by atoms with Crippen LogP contribution in [-0.4, -0.2) is 39.6 Å². The molecule has 0 aliphatic heterocycles. The van der Waals surface area contributed by atoms with Gasteiger partial charge in [-0.3, -0.25) is 9.89 Å². The number of nitrogens with one attached hydrogen (secondary N) is 2. The summed E-state index contributed by atoms with van der Waals surface area (Å²) in [5.41, 5.74) is 1.40. The molecule has 2 N–H and O–H groups in total. The number of H-pyrrole nitrogens is 1. The van der Waals surface area contributed by atoms with E-state index < -0.39 is 0 Å². The molecule has 2 heterocycles. The monoisotopic (exact) mass is 273 g/mol. The molecule has 106 valence electrons. The number of amides is 1. The summed E-state index contributed by atoms with van der Waals surface area (Å²) >= 11 is 0. The molecule has 0 aliphatic rings. The number of pyridine rings is 1. The van der Waals surface area contributed by atoms with Gasteiger partial charge in [0.1, 0.15) is 11.5 Å². The molecule has 0 fully saturated rings. The van der Waals surface area contributed by atoms with Gasteiger partial charge in [-0.15, -0.1) is 0 Å². The second-order valence-corrected chi connectivity index (χ2v) is 4.60. The average Bonchev–Trinajstić information content (AvgIpc) is 2.97. The smallest absolute Gasteiger partial charge is 0.272 e. The van der Waals surface area contributed by atoms with Crippen LogP contribution in [0.5, 0.6) is 0 Å². The normalized spacial score (nSPS) is 10.3. The third kappa shape index (κ3) is 3.57. The van der Waals surface area contributed by atoms with Gasteiger partial charge in [0.15, 0.2) is 0 Å². The molecule has 1 amide bonds. The van der Waals surface area contributed by atoms with Crippen LogP contribution in [0.4, 0.5) is 5.82 Å². The molecule has 0 bridgehead atoms. The van der Waals surface area contributed by atoms with E-state index in [1.54, 1.807) is 30.4 Å². The van der Waals surface area contributed by atoms with Gasteiger partial charge < -0.3 is 10.2 Å². The molecule has 2 aromatic heterocycles. The van der Waals surface area contributed by atoms with Crippen molar-refractivity contribution >= 4 is 11.7 Å². The van der Waals surface area contributed by atoms with Gasteiger partial charge in [-0.1, -0.05) is 13.0 Å². The second-order valence-electron chi connectivity index (χ2n) is 4.60. The quantitative estimate of drug-likeness (QED) is 0.843. The zero-order valence-corrected chi connectivity index (χ0v) is 11.8. The minimum absolute atomic E-state index is 0.105. The van der Waals surface area contributed by atoms with Crippen molar-refractivity contribution in [3.05, 3.63) is 41.9 Å². The zero-order chi connectivity index (χ0) is 14.4. The first-order chi connectivity index (χ1) is 9.70. The molecule has 0 unspecified atom stereocenters. The van der Waals surface area contributed by atoms with Gasteiger partial charge in [-0.25, -0.2) is 4.98 Å². The molecule has 6 nitrogen and oxygen atoms in total. The van der Waals surface area contributed by atoms with Crippen molar-refractivity contribution < 1.29 is 4.79 Å². The Morgan fingerprint density at radius 3 is 3.00 bits per heavy atom. The topological polar surface area (TPSA) is 73.9 Å². The average molecular weight is 273 g/mol. The summed E-state index contributed by atoms with van der Waals surface area (Å²) < 4.78 is 0. The van der Waals surface area contributed by atoms with Gasteiger partial charge in [0.25, 0.3) is 5.91 Å².